The van der Waals surface area contributed by atoms with E-state index in [0.717, 1.165) is 75.5 Å². The van der Waals surface area contributed by atoms with Crippen LogP contribution in [0, 0.1) is 17.8 Å². The van der Waals surface area contributed by atoms with Gasteiger partial charge in [0.2, 0.25) is 0 Å². The van der Waals surface area contributed by atoms with Crippen molar-refractivity contribution < 1.29 is 28.6 Å². The summed E-state index contributed by atoms with van der Waals surface area (Å²) in [6.45, 7) is 13.7. The quantitative estimate of drug-likeness (QED) is 0.0344. The molecule has 0 N–H and O–H groups in total. The standard InChI is InChI=1S/C56H108O6/c1-7-52(6)44-38-32-26-20-16-14-12-10-8-9-11-13-15-17-21-27-33-39-45-54(57)60-48-53(49-61-55(58)46-40-34-29-23-25-31-37-43-51(4)5)62-56(59)47-41-35-28-22-18-19-24-30-36-42-50(2)3/h50-53H,7-49H2,1-6H3/t52?,53-/m0/s1. The van der Waals surface area contributed by atoms with Crippen LogP contribution in [0.2, 0.25) is 0 Å². The SMILES string of the molecule is CCC(C)CCCCCCCCCCCCCCCCCCCCC(=O)OC[C@@H](COC(=O)CCCCCCCCCC(C)C)OC(=O)CCCCCCCCCCCC(C)C. The molecular formula is C56H108O6. The Kier molecular flexibility index (Phi) is 46.2. The predicted molar refractivity (Wildman–Crippen MR) is 266 cm³/mol. The summed E-state index contributed by atoms with van der Waals surface area (Å²) in [5.41, 5.74) is 0. The summed E-state index contributed by atoms with van der Waals surface area (Å²) in [7, 11) is 0. The first-order valence-corrected chi connectivity index (χ1v) is 27.6. The number of carbonyl (C=O) groups is 3. The van der Waals surface area contributed by atoms with Gasteiger partial charge in [-0.05, 0) is 37.0 Å². The molecule has 0 aromatic rings. The van der Waals surface area contributed by atoms with Gasteiger partial charge in [-0.15, -0.1) is 0 Å². The van der Waals surface area contributed by atoms with Crippen molar-refractivity contribution in [2.75, 3.05) is 13.2 Å². The fraction of sp³-hybridized carbons (Fsp3) is 0.946. The van der Waals surface area contributed by atoms with Crippen molar-refractivity contribution in [2.45, 2.75) is 311 Å². The molecule has 0 amide bonds. The van der Waals surface area contributed by atoms with Gasteiger partial charge < -0.3 is 14.2 Å². The lowest BCUT2D eigenvalue weighted by atomic mass is 9.99. The zero-order valence-corrected chi connectivity index (χ0v) is 42.7. The minimum absolute atomic E-state index is 0.0649. The molecule has 1 unspecified atom stereocenters. The average molecular weight is 877 g/mol. The second-order valence-electron chi connectivity index (χ2n) is 20.4. The van der Waals surface area contributed by atoms with Crippen molar-refractivity contribution in [2.24, 2.45) is 17.8 Å². The highest BCUT2D eigenvalue weighted by molar-refractivity contribution is 5.71. The van der Waals surface area contributed by atoms with Gasteiger partial charge in [0.25, 0.3) is 0 Å². The Morgan fingerprint density at radius 2 is 0.565 bits per heavy atom. The lowest BCUT2D eigenvalue weighted by Crippen LogP contribution is -2.30. The van der Waals surface area contributed by atoms with Crippen LogP contribution in [0.25, 0.3) is 0 Å². The van der Waals surface area contributed by atoms with Crippen molar-refractivity contribution in [1.82, 2.24) is 0 Å². The first-order valence-electron chi connectivity index (χ1n) is 27.6. The second kappa shape index (κ2) is 47.4. The van der Waals surface area contributed by atoms with Gasteiger partial charge in [-0.25, -0.2) is 0 Å². The molecule has 6 heteroatoms. The summed E-state index contributed by atoms with van der Waals surface area (Å²) in [6.07, 6.45) is 48.2. The number of unbranched alkanes of at least 4 members (excludes halogenated alkanes) is 31. The van der Waals surface area contributed by atoms with Gasteiger partial charge in [-0.2, -0.15) is 0 Å². The number of rotatable bonds is 49. The minimum Gasteiger partial charge on any atom is -0.462 e. The van der Waals surface area contributed by atoms with Crippen molar-refractivity contribution in [3.63, 3.8) is 0 Å². The van der Waals surface area contributed by atoms with Crippen molar-refractivity contribution in [1.29, 1.82) is 0 Å². The molecular weight excluding hydrogens is 769 g/mol. The maximum atomic E-state index is 12.8. The molecule has 0 aliphatic carbocycles. The number of hydrogen-bond donors (Lipinski definition) is 0. The van der Waals surface area contributed by atoms with E-state index in [9.17, 15) is 14.4 Å². The molecule has 0 heterocycles. The minimum atomic E-state index is -0.763. The van der Waals surface area contributed by atoms with E-state index in [0.29, 0.717) is 19.3 Å². The highest BCUT2D eigenvalue weighted by atomic mass is 16.6. The van der Waals surface area contributed by atoms with Crippen molar-refractivity contribution in [3.8, 4) is 0 Å². The zero-order chi connectivity index (χ0) is 45.6. The fourth-order valence-corrected chi connectivity index (χ4v) is 8.44. The molecule has 0 radical (unpaired) electrons. The molecule has 0 aromatic heterocycles. The molecule has 0 bridgehead atoms. The summed E-state index contributed by atoms with van der Waals surface area (Å²) >= 11 is 0. The Labute approximate surface area is 387 Å². The maximum absolute atomic E-state index is 12.8. The van der Waals surface area contributed by atoms with Crippen LogP contribution < -0.4 is 0 Å². The fourth-order valence-electron chi connectivity index (χ4n) is 8.44. The molecule has 0 saturated carbocycles. The van der Waals surface area contributed by atoms with Crippen LogP contribution >= 0.6 is 0 Å². The largest absolute Gasteiger partial charge is 0.462 e. The maximum Gasteiger partial charge on any atom is 0.306 e. The van der Waals surface area contributed by atoms with Crippen LogP contribution in [-0.4, -0.2) is 37.2 Å². The van der Waals surface area contributed by atoms with Crippen LogP contribution in [0.3, 0.4) is 0 Å². The van der Waals surface area contributed by atoms with Gasteiger partial charge >= 0.3 is 17.9 Å². The Bertz CT molecular complexity index is 962. The smallest absolute Gasteiger partial charge is 0.306 e. The third-order valence-electron chi connectivity index (χ3n) is 13.0. The number of carbonyl (C=O) groups excluding carboxylic acids is 3. The molecule has 0 aromatic carbocycles. The van der Waals surface area contributed by atoms with E-state index < -0.39 is 6.10 Å². The third-order valence-corrected chi connectivity index (χ3v) is 13.0. The number of esters is 3. The van der Waals surface area contributed by atoms with Crippen LogP contribution in [0.1, 0.15) is 305 Å². The lowest BCUT2D eigenvalue weighted by molar-refractivity contribution is -0.167. The van der Waals surface area contributed by atoms with E-state index in [4.69, 9.17) is 14.2 Å². The summed E-state index contributed by atoms with van der Waals surface area (Å²) in [6, 6.07) is 0. The third kappa shape index (κ3) is 47.9. The summed E-state index contributed by atoms with van der Waals surface area (Å²) in [5, 5.41) is 0. The summed E-state index contributed by atoms with van der Waals surface area (Å²) in [5.74, 6) is 1.64. The molecule has 0 spiro atoms. The van der Waals surface area contributed by atoms with Gasteiger partial charge in [-0.1, -0.05) is 266 Å². The van der Waals surface area contributed by atoms with Gasteiger partial charge in [0, 0.05) is 19.3 Å². The summed E-state index contributed by atoms with van der Waals surface area (Å²) in [4.78, 5) is 37.9. The molecule has 0 saturated heterocycles. The highest BCUT2D eigenvalue weighted by Gasteiger charge is 2.19. The molecule has 368 valence electrons. The van der Waals surface area contributed by atoms with Crippen molar-refractivity contribution >= 4 is 17.9 Å². The van der Waals surface area contributed by atoms with Crippen LogP contribution in [0.15, 0.2) is 0 Å². The number of hydrogen-bond acceptors (Lipinski definition) is 6. The number of ether oxygens (including phenoxy) is 3. The van der Waals surface area contributed by atoms with Crippen molar-refractivity contribution in [3.05, 3.63) is 0 Å². The molecule has 0 rings (SSSR count). The predicted octanol–water partition coefficient (Wildman–Crippen LogP) is 17.9. The Balaban J connectivity index is 4.18. The van der Waals surface area contributed by atoms with Gasteiger partial charge in [0.1, 0.15) is 13.2 Å². The van der Waals surface area contributed by atoms with Gasteiger partial charge in [-0.3, -0.25) is 14.4 Å². The first-order chi connectivity index (χ1) is 30.1. The van der Waals surface area contributed by atoms with E-state index in [-0.39, 0.29) is 31.1 Å². The molecule has 62 heavy (non-hydrogen) atoms. The average Bonchev–Trinajstić information content (AvgIpc) is 3.24. The topological polar surface area (TPSA) is 78.9 Å². The van der Waals surface area contributed by atoms with Gasteiger partial charge in [0.15, 0.2) is 6.10 Å². The van der Waals surface area contributed by atoms with E-state index in [1.54, 1.807) is 0 Å². The first kappa shape index (κ1) is 60.4. The van der Waals surface area contributed by atoms with E-state index in [1.807, 2.05) is 0 Å². The molecule has 0 aliphatic heterocycles. The Hall–Kier alpha value is -1.59. The van der Waals surface area contributed by atoms with E-state index in [2.05, 4.69) is 41.5 Å². The summed E-state index contributed by atoms with van der Waals surface area (Å²) < 4.78 is 16.8. The Morgan fingerprint density at radius 3 is 0.839 bits per heavy atom. The highest BCUT2D eigenvalue weighted by Crippen LogP contribution is 2.18. The van der Waals surface area contributed by atoms with Gasteiger partial charge in [0.05, 0.1) is 0 Å². The van der Waals surface area contributed by atoms with Crippen LogP contribution in [0.4, 0.5) is 0 Å². The normalized spacial score (nSPS) is 12.6. The molecule has 6 nitrogen and oxygen atoms in total. The molecule has 2 atom stereocenters. The van der Waals surface area contributed by atoms with E-state index >= 15 is 0 Å². The zero-order valence-electron chi connectivity index (χ0n) is 42.7. The van der Waals surface area contributed by atoms with E-state index in [1.165, 1.54) is 186 Å². The second-order valence-corrected chi connectivity index (χ2v) is 20.4. The monoisotopic (exact) mass is 877 g/mol. The lowest BCUT2D eigenvalue weighted by Gasteiger charge is -2.18. The Morgan fingerprint density at radius 1 is 0.323 bits per heavy atom. The molecule has 0 aliphatic rings. The van der Waals surface area contributed by atoms with Crippen LogP contribution in [0.5, 0.6) is 0 Å². The van der Waals surface area contributed by atoms with Crippen LogP contribution in [-0.2, 0) is 28.6 Å². The molecule has 0 fully saturated rings.